The van der Waals surface area contributed by atoms with E-state index in [1.54, 1.807) is 42.5 Å². The topological polar surface area (TPSA) is 114 Å². The predicted molar refractivity (Wildman–Crippen MR) is 148 cm³/mol. The van der Waals surface area contributed by atoms with Gasteiger partial charge in [0.1, 0.15) is 12.4 Å². The molecule has 2 N–H and O–H groups in total. The van der Waals surface area contributed by atoms with Crippen molar-refractivity contribution in [1.82, 2.24) is 14.9 Å². The molecule has 1 heterocycles. The molecule has 9 nitrogen and oxygen atoms in total. The van der Waals surface area contributed by atoms with Gasteiger partial charge < -0.3 is 20.1 Å². The monoisotopic (exact) mass is 551 g/mol. The summed E-state index contributed by atoms with van der Waals surface area (Å²) in [7, 11) is -0.494. The van der Waals surface area contributed by atoms with Gasteiger partial charge in [0, 0.05) is 44.7 Å². The lowest BCUT2D eigenvalue weighted by molar-refractivity contribution is 0.0865. The van der Waals surface area contributed by atoms with E-state index in [9.17, 15) is 18.0 Å². The Morgan fingerprint density at radius 1 is 1.00 bits per heavy atom. The molecule has 0 aromatic heterocycles. The molecular weight excluding hydrogens is 518 g/mol. The lowest BCUT2D eigenvalue weighted by atomic mass is 9.99. The van der Waals surface area contributed by atoms with Crippen LogP contribution >= 0.6 is 0 Å². The van der Waals surface area contributed by atoms with Crippen molar-refractivity contribution in [1.29, 1.82) is 0 Å². The highest BCUT2D eigenvalue weighted by Crippen LogP contribution is 2.24. The van der Waals surface area contributed by atoms with Crippen LogP contribution in [0.2, 0.25) is 0 Å². The van der Waals surface area contributed by atoms with Gasteiger partial charge in [-0.05, 0) is 65.6 Å². The van der Waals surface area contributed by atoms with Gasteiger partial charge >= 0.3 is 0 Å². The fraction of sp³-hybridized carbons (Fsp3) is 0.310. The maximum Gasteiger partial charge on any atom is 0.251 e. The molecule has 3 aromatic carbocycles. The number of ether oxygens (including phenoxy) is 2. The summed E-state index contributed by atoms with van der Waals surface area (Å²) < 4.78 is 37.2. The molecule has 2 amide bonds. The van der Waals surface area contributed by atoms with Crippen LogP contribution in [0.4, 0.5) is 0 Å². The van der Waals surface area contributed by atoms with Crippen molar-refractivity contribution in [3.8, 4) is 5.75 Å². The third-order valence-electron chi connectivity index (χ3n) is 6.32. The minimum Gasteiger partial charge on any atom is -0.491 e. The molecule has 0 fully saturated rings. The van der Waals surface area contributed by atoms with Crippen LogP contribution in [0.3, 0.4) is 0 Å². The van der Waals surface area contributed by atoms with E-state index in [2.05, 4.69) is 10.6 Å². The third-order valence-corrected chi connectivity index (χ3v) is 8.15. The number of fused-ring (bicyclic) bond motifs is 3. The Hall–Kier alpha value is -3.73. The zero-order valence-corrected chi connectivity index (χ0v) is 22.9. The Kier molecular flexibility index (Phi) is 9.34. The Balaban J connectivity index is 1.45. The average Bonchev–Trinajstić information content (AvgIpc) is 2.93. The van der Waals surface area contributed by atoms with Crippen molar-refractivity contribution in [3.05, 3.63) is 94.5 Å². The zero-order chi connectivity index (χ0) is 27.8. The highest BCUT2D eigenvalue weighted by atomic mass is 32.2. The molecule has 39 heavy (non-hydrogen) atoms. The van der Waals surface area contributed by atoms with Crippen LogP contribution < -0.4 is 15.4 Å². The predicted octanol–water partition coefficient (Wildman–Crippen LogP) is 2.64. The minimum absolute atomic E-state index is 0.156. The smallest absolute Gasteiger partial charge is 0.251 e. The van der Waals surface area contributed by atoms with E-state index in [1.165, 1.54) is 18.4 Å². The van der Waals surface area contributed by atoms with Gasteiger partial charge in [0.25, 0.3) is 11.8 Å². The summed E-state index contributed by atoms with van der Waals surface area (Å²) >= 11 is 0. The molecule has 2 bridgehead atoms. The van der Waals surface area contributed by atoms with Crippen molar-refractivity contribution in [2.24, 2.45) is 0 Å². The van der Waals surface area contributed by atoms with Gasteiger partial charge in [0.05, 0.1) is 18.1 Å². The largest absolute Gasteiger partial charge is 0.491 e. The van der Waals surface area contributed by atoms with E-state index in [-0.39, 0.29) is 16.7 Å². The molecule has 3 aromatic rings. The van der Waals surface area contributed by atoms with Crippen LogP contribution in [0.1, 0.15) is 37.4 Å². The maximum atomic E-state index is 13.0. The van der Waals surface area contributed by atoms with Crippen LogP contribution in [-0.4, -0.2) is 71.5 Å². The van der Waals surface area contributed by atoms with Crippen LogP contribution in [-0.2, 0) is 27.6 Å². The Morgan fingerprint density at radius 3 is 2.56 bits per heavy atom. The summed E-state index contributed by atoms with van der Waals surface area (Å²) in [5.41, 5.74) is 3.73. The Bertz CT molecular complexity index is 1420. The summed E-state index contributed by atoms with van der Waals surface area (Å²) in [6.07, 6.45) is 1.04. The number of sulfonamides is 1. The molecule has 1 aliphatic rings. The third kappa shape index (κ3) is 7.44. The quantitative estimate of drug-likeness (QED) is 0.487. The highest BCUT2D eigenvalue weighted by Gasteiger charge is 2.17. The number of amides is 2. The molecule has 0 spiro atoms. The summed E-state index contributed by atoms with van der Waals surface area (Å²) in [6.45, 7) is 1.93. The fourth-order valence-electron chi connectivity index (χ4n) is 4.15. The number of carbonyl (C=O) groups excluding carboxylic acids is 2. The van der Waals surface area contributed by atoms with Gasteiger partial charge in [-0.3, -0.25) is 9.59 Å². The van der Waals surface area contributed by atoms with E-state index in [1.807, 2.05) is 24.3 Å². The molecule has 0 aliphatic carbocycles. The molecule has 0 unspecified atom stereocenters. The summed E-state index contributed by atoms with van der Waals surface area (Å²) in [6, 6.07) is 19.4. The van der Waals surface area contributed by atoms with Crippen molar-refractivity contribution >= 4 is 21.8 Å². The van der Waals surface area contributed by atoms with E-state index >= 15 is 0 Å². The van der Waals surface area contributed by atoms with Gasteiger partial charge in [-0.25, -0.2) is 12.7 Å². The first-order valence-electron chi connectivity index (χ1n) is 12.7. The van der Waals surface area contributed by atoms with Crippen LogP contribution in [0.5, 0.6) is 5.75 Å². The van der Waals surface area contributed by atoms with Crippen molar-refractivity contribution < 1.29 is 27.5 Å². The first-order valence-corrected chi connectivity index (χ1v) is 14.2. The maximum absolute atomic E-state index is 13.0. The van der Waals surface area contributed by atoms with E-state index in [4.69, 9.17) is 9.47 Å². The molecule has 10 heteroatoms. The summed E-state index contributed by atoms with van der Waals surface area (Å²) in [5.74, 6) is 0.284. The van der Waals surface area contributed by atoms with Crippen molar-refractivity contribution in [2.45, 2.75) is 17.7 Å². The molecule has 0 saturated heterocycles. The SMILES string of the molecule is CN(C)S(=O)(=O)c1ccc(CCNC(=O)c2ccc3c(c2)Cc2cccc(c2)C(=O)NCCOCCO3)cc1. The number of rotatable bonds is 6. The molecule has 4 rings (SSSR count). The lowest BCUT2D eigenvalue weighted by Gasteiger charge is -2.15. The molecule has 0 radical (unpaired) electrons. The first-order chi connectivity index (χ1) is 18.7. The van der Waals surface area contributed by atoms with Crippen molar-refractivity contribution in [3.63, 3.8) is 0 Å². The Morgan fingerprint density at radius 2 is 1.79 bits per heavy atom. The molecule has 0 saturated carbocycles. The fourth-order valence-corrected chi connectivity index (χ4v) is 5.06. The molecule has 206 valence electrons. The molecular formula is C29H33N3O6S. The zero-order valence-electron chi connectivity index (χ0n) is 22.1. The second-order valence-electron chi connectivity index (χ2n) is 9.35. The van der Waals surface area contributed by atoms with Crippen LogP contribution in [0, 0.1) is 0 Å². The lowest BCUT2D eigenvalue weighted by Crippen LogP contribution is -2.28. The number of nitrogens with zero attached hydrogens (tertiary/aromatic N) is 1. The van der Waals surface area contributed by atoms with Gasteiger partial charge in [0.15, 0.2) is 0 Å². The second kappa shape index (κ2) is 12.9. The summed E-state index contributed by atoms with van der Waals surface area (Å²) in [4.78, 5) is 25.6. The van der Waals surface area contributed by atoms with E-state index in [0.29, 0.717) is 62.6 Å². The average molecular weight is 552 g/mol. The van der Waals surface area contributed by atoms with Gasteiger partial charge in [-0.15, -0.1) is 0 Å². The number of benzene rings is 3. The first kappa shape index (κ1) is 28.3. The molecule has 1 aliphatic heterocycles. The van der Waals surface area contributed by atoms with Gasteiger partial charge in [-0.2, -0.15) is 0 Å². The van der Waals surface area contributed by atoms with Crippen LogP contribution in [0.25, 0.3) is 0 Å². The number of hydrogen-bond donors (Lipinski definition) is 2. The standard InChI is InChI=1S/C29H33N3O6S/c1-32(2)39(35,36)26-9-6-21(7-10-26)12-13-30-29(34)24-8-11-27-25(20-24)19-22-4-3-5-23(18-22)28(33)31-14-15-37-16-17-38-27/h3-11,18,20H,12-17,19H2,1-2H3,(H,30,34)(H,31,33). The van der Waals surface area contributed by atoms with Gasteiger partial charge in [0.2, 0.25) is 10.0 Å². The van der Waals surface area contributed by atoms with Gasteiger partial charge in [-0.1, -0.05) is 24.3 Å². The Labute approximate surface area is 229 Å². The minimum atomic E-state index is -3.48. The highest BCUT2D eigenvalue weighted by molar-refractivity contribution is 7.89. The molecule has 0 atom stereocenters. The second-order valence-corrected chi connectivity index (χ2v) is 11.5. The van der Waals surface area contributed by atoms with Crippen molar-refractivity contribution in [2.75, 3.05) is 47.0 Å². The normalized spacial score (nSPS) is 14.5. The number of hydrogen-bond acceptors (Lipinski definition) is 6. The number of carbonyl (C=O) groups is 2. The van der Waals surface area contributed by atoms with E-state index < -0.39 is 10.0 Å². The number of nitrogens with one attached hydrogen (secondary N) is 2. The van der Waals surface area contributed by atoms with E-state index in [0.717, 1.165) is 16.7 Å². The van der Waals surface area contributed by atoms with Crippen LogP contribution in [0.15, 0.2) is 71.6 Å². The summed E-state index contributed by atoms with van der Waals surface area (Å²) in [5, 5.41) is 5.78.